The van der Waals surface area contributed by atoms with Gasteiger partial charge in [0, 0.05) is 26.1 Å². The van der Waals surface area contributed by atoms with Crippen molar-refractivity contribution in [3.63, 3.8) is 0 Å². The molecule has 0 saturated carbocycles. The molecule has 0 radical (unpaired) electrons. The number of hydrogen-bond acceptors (Lipinski definition) is 3. The number of amides is 1. The van der Waals surface area contributed by atoms with Gasteiger partial charge in [0.1, 0.15) is 5.82 Å². The minimum absolute atomic E-state index is 0.0560. The first-order valence-corrected chi connectivity index (χ1v) is 8.54. The van der Waals surface area contributed by atoms with Crippen LogP contribution in [0.25, 0.3) is 12.2 Å². The Kier molecular flexibility index (Phi) is 4.24. The molecule has 1 fully saturated rings. The van der Waals surface area contributed by atoms with Crippen molar-refractivity contribution in [1.29, 1.82) is 0 Å². The van der Waals surface area contributed by atoms with Gasteiger partial charge in [0.15, 0.2) is 0 Å². The van der Waals surface area contributed by atoms with E-state index in [-0.39, 0.29) is 17.8 Å². The number of nitrogens with one attached hydrogen (secondary N) is 2. The van der Waals surface area contributed by atoms with E-state index in [1.165, 1.54) is 12.1 Å². The monoisotopic (exact) mass is 337 g/mol. The number of halogens is 1. The van der Waals surface area contributed by atoms with Gasteiger partial charge in [-0.1, -0.05) is 30.4 Å². The number of fused-ring (bicyclic) bond motifs is 3. The van der Waals surface area contributed by atoms with Crippen LogP contribution >= 0.6 is 0 Å². The lowest BCUT2D eigenvalue weighted by Crippen LogP contribution is -2.51. The number of anilines is 2. The number of carbonyl (C=O) groups excluding carboxylic acids is 1. The van der Waals surface area contributed by atoms with Crippen molar-refractivity contribution < 1.29 is 9.18 Å². The minimum atomic E-state index is -0.240. The quantitative estimate of drug-likeness (QED) is 0.828. The minimum Gasteiger partial charge on any atom is -0.364 e. The molecule has 4 rings (SSSR count). The van der Waals surface area contributed by atoms with E-state index in [1.54, 1.807) is 6.07 Å². The van der Waals surface area contributed by atoms with Crippen LogP contribution in [0.2, 0.25) is 0 Å². The molecular formula is C20H20FN3O. The zero-order valence-electron chi connectivity index (χ0n) is 13.8. The largest absolute Gasteiger partial charge is 0.364 e. The van der Waals surface area contributed by atoms with Crippen molar-refractivity contribution in [3.8, 4) is 0 Å². The fraction of sp³-hybridized carbons (Fsp3) is 0.250. The van der Waals surface area contributed by atoms with Crippen LogP contribution in [0.15, 0.2) is 42.5 Å². The molecule has 0 spiro atoms. The molecule has 128 valence electrons. The maximum Gasteiger partial charge on any atom is 0.226 e. The number of rotatable bonds is 2. The maximum absolute atomic E-state index is 13.3. The summed E-state index contributed by atoms with van der Waals surface area (Å²) >= 11 is 0. The molecule has 4 nitrogen and oxygen atoms in total. The highest BCUT2D eigenvalue weighted by molar-refractivity contribution is 5.97. The van der Waals surface area contributed by atoms with Gasteiger partial charge in [-0.3, -0.25) is 4.79 Å². The molecule has 2 aromatic carbocycles. The smallest absolute Gasteiger partial charge is 0.226 e. The highest BCUT2D eigenvalue weighted by Crippen LogP contribution is 2.33. The van der Waals surface area contributed by atoms with Gasteiger partial charge in [0.05, 0.1) is 17.4 Å². The lowest BCUT2D eigenvalue weighted by molar-refractivity contribution is -0.116. The van der Waals surface area contributed by atoms with Crippen molar-refractivity contribution >= 4 is 29.4 Å². The molecule has 2 aliphatic heterocycles. The van der Waals surface area contributed by atoms with E-state index in [2.05, 4.69) is 21.6 Å². The van der Waals surface area contributed by atoms with E-state index in [4.69, 9.17) is 0 Å². The van der Waals surface area contributed by atoms with Crippen LogP contribution in [0.3, 0.4) is 0 Å². The van der Waals surface area contributed by atoms with E-state index < -0.39 is 0 Å². The van der Waals surface area contributed by atoms with Gasteiger partial charge in [0.25, 0.3) is 0 Å². The Hall–Kier alpha value is -2.66. The Morgan fingerprint density at radius 3 is 2.80 bits per heavy atom. The third kappa shape index (κ3) is 3.42. The lowest BCUT2D eigenvalue weighted by atomic mass is 10.1. The first kappa shape index (κ1) is 15.8. The van der Waals surface area contributed by atoms with Crippen LogP contribution < -0.4 is 15.5 Å². The zero-order chi connectivity index (χ0) is 17.2. The molecule has 2 aliphatic rings. The number of hydrogen-bond donors (Lipinski definition) is 2. The Bertz CT molecular complexity index is 833. The Balaban J connectivity index is 1.66. The van der Waals surface area contributed by atoms with Gasteiger partial charge in [-0.25, -0.2) is 4.39 Å². The van der Waals surface area contributed by atoms with E-state index in [9.17, 15) is 9.18 Å². The highest BCUT2D eigenvalue weighted by atomic mass is 19.1. The molecule has 5 heteroatoms. The lowest BCUT2D eigenvalue weighted by Gasteiger charge is -2.36. The Morgan fingerprint density at radius 2 is 1.96 bits per heavy atom. The van der Waals surface area contributed by atoms with Crippen LogP contribution in [0.4, 0.5) is 15.8 Å². The summed E-state index contributed by atoms with van der Waals surface area (Å²) in [5.41, 5.74) is 3.76. The van der Waals surface area contributed by atoms with Crippen molar-refractivity contribution in [2.45, 2.75) is 12.5 Å². The van der Waals surface area contributed by atoms with E-state index in [0.717, 1.165) is 42.1 Å². The zero-order valence-corrected chi connectivity index (χ0v) is 13.8. The summed E-state index contributed by atoms with van der Waals surface area (Å²) in [5.74, 6) is -0.184. The van der Waals surface area contributed by atoms with Gasteiger partial charge in [-0.2, -0.15) is 0 Å². The summed E-state index contributed by atoms with van der Waals surface area (Å²) in [5, 5.41) is 6.36. The summed E-state index contributed by atoms with van der Waals surface area (Å²) in [4.78, 5) is 14.4. The fourth-order valence-electron chi connectivity index (χ4n) is 3.47. The predicted octanol–water partition coefficient (Wildman–Crippen LogP) is 3.12. The standard InChI is InChI=1S/C20H20FN3O/c21-16-3-1-2-14(10-16)4-5-15-6-7-18-19(11-15)24-9-8-22-13-17(24)12-20(25)23-18/h1-7,10-11,17,22H,8-9,12-13H2,(H,23,25). The van der Waals surface area contributed by atoms with Gasteiger partial charge >= 0.3 is 0 Å². The topological polar surface area (TPSA) is 44.4 Å². The average Bonchev–Trinajstić information content (AvgIpc) is 2.75. The Labute approximate surface area is 146 Å². The normalized spacial score (nSPS) is 20.0. The molecule has 2 N–H and O–H groups in total. The van der Waals surface area contributed by atoms with Crippen LogP contribution in [0.5, 0.6) is 0 Å². The molecule has 2 aromatic rings. The Morgan fingerprint density at radius 1 is 1.12 bits per heavy atom. The second kappa shape index (κ2) is 6.69. The highest BCUT2D eigenvalue weighted by Gasteiger charge is 2.29. The van der Waals surface area contributed by atoms with Gasteiger partial charge in [-0.05, 0) is 35.4 Å². The van der Waals surface area contributed by atoms with Gasteiger partial charge < -0.3 is 15.5 Å². The van der Waals surface area contributed by atoms with Crippen molar-refractivity contribution in [2.75, 3.05) is 29.9 Å². The predicted molar refractivity (Wildman–Crippen MR) is 99.0 cm³/mol. The number of nitrogens with zero attached hydrogens (tertiary/aromatic N) is 1. The van der Waals surface area contributed by atoms with E-state index >= 15 is 0 Å². The third-order valence-corrected chi connectivity index (χ3v) is 4.69. The van der Waals surface area contributed by atoms with Crippen molar-refractivity contribution in [3.05, 3.63) is 59.4 Å². The summed E-state index contributed by atoms with van der Waals surface area (Å²) in [6.07, 6.45) is 4.37. The first-order chi connectivity index (χ1) is 12.2. The number of benzene rings is 2. The molecule has 0 aliphatic carbocycles. The second-order valence-corrected chi connectivity index (χ2v) is 6.47. The van der Waals surface area contributed by atoms with Gasteiger partial charge in [0.2, 0.25) is 5.91 Å². The first-order valence-electron chi connectivity index (χ1n) is 8.54. The van der Waals surface area contributed by atoms with Crippen LogP contribution in [0.1, 0.15) is 17.5 Å². The van der Waals surface area contributed by atoms with E-state index in [1.807, 2.05) is 30.4 Å². The SMILES string of the molecule is O=C1CC2CNCCN2c2cc(C=Cc3cccc(F)c3)ccc2N1. The molecular weight excluding hydrogens is 317 g/mol. The van der Waals surface area contributed by atoms with Crippen molar-refractivity contribution in [1.82, 2.24) is 5.32 Å². The van der Waals surface area contributed by atoms with Crippen molar-refractivity contribution in [2.24, 2.45) is 0 Å². The molecule has 1 unspecified atom stereocenters. The summed E-state index contributed by atoms with van der Waals surface area (Å²) in [6, 6.07) is 12.7. The molecule has 0 bridgehead atoms. The molecule has 0 aromatic heterocycles. The average molecular weight is 337 g/mol. The molecule has 1 atom stereocenters. The summed E-state index contributed by atoms with van der Waals surface area (Å²) in [6.45, 7) is 2.60. The summed E-state index contributed by atoms with van der Waals surface area (Å²) < 4.78 is 13.3. The molecule has 1 saturated heterocycles. The van der Waals surface area contributed by atoms with E-state index in [0.29, 0.717) is 6.42 Å². The summed E-state index contributed by atoms with van der Waals surface area (Å²) in [7, 11) is 0. The van der Waals surface area contributed by atoms with Crippen LogP contribution in [-0.4, -0.2) is 31.6 Å². The maximum atomic E-state index is 13.3. The molecule has 2 heterocycles. The fourth-order valence-corrected chi connectivity index (χ4v) is 3.47. The second-order valence-electron chi connectivity index (χ2n) is 6.47. The van der Waals surface area contributed by atoms with Gasteiger partial charge in [-0.15, -0.1) is 0 Å². The molecule has 25 heavy (non-hydrogen) atoms. The molecule has 1 amide bonds. The number of carbonyl (C=O) groups is 1. The third-order valence-electron chi connectivity index (χ3n) is 4.69. The van der Waals surface area contributed by atoms with Crippen LogP contribution in [-0.2, 0) is 4.79 Å². The van der Waals surface area contributed by atoms with Crippen LogP contribution in [0, 0.1) is 5.82 Å². The number of piperazine rings is 1.